The molecule has 7 heteroatoms. The lowest BCUT2D eigenvalue weighted by Crippen LogP contribution is -2.55. The van der Waals surface area contributed by atoms with E-state index in [0.29, 0.717) is 5.69 Å². The summed E-state index contributed by atoms with van der Waals surface area (Å²) in [4.78, 5) is 25.9. The van der Waals surface area contributed by atoms with Gasteiger partial charge >= 0.3 is 6.03 Å². The molecule has 0 aromatic carbocycles. The van der Waals surface area contributed by atoms with Crippen LogP contribution in [-0.2, 0) is 0 Å². The van der Waals surface area contributed by atoms with Gasteiger partial charge in [-0.05, 0) is 41.4 Å². The highest BCUT2D eigenvalue weighted by Gasteiger charge is 2.61. The Bertz CT molecular complexity index is 642. The minimum Gasteiger partial charge on any atom is -0.344 e. The molecule has 4 atom stereocenters. The van der Waals surface area contributed by atoms with Gasteiger partial charge in [-0.2, -0.15) is 0 Å². The summed E-state index contributed by atoms with van der Waals surface area (Å²) in [5.74, 6) is -0.0787. The number of carbonyl (C=O) groups excluding carboxylic acids is 2. The summed E-state index contributed by atoms with van der Waals surface area (Å²) in [5, 5.41) is 6.08. The van der Waals surface area contributed by atoms with E-state index in [2.05, 4.69) is 33.5 Å². The Kier molecular flexibility index (Phi) is 2.19. The van der Waals surface area contributed by atoms with Crippen molar-refractivity contribution in [1.29, 1.82) is 0 Å². The van der Waals surface area contributed by atoms with Crippen molar-refractivity contribution in [2.75, 3.05) is 7.05 Å². The molecule has 1 saturated carbocycles. The maximum Gasteiger partial charge on any atom is 0.318 e. The first-order valence-corrected chi connectivity index (χ1v) is 7.45. The van der Waals surface area contributed by atoms with Crippen molar-refractivity contribution in [3.63, 3.8) is 0 Å². The Morgan fingerprint density at radius 2 is 2.10 bits per heavy atom. The first-order valence-electron chi connectivity index (χ1n) is 6.65. The van der Waals surface area contributed by atoms with Gasteiger partial charge in [-0.15, -0.1) is 0 Å². The molecule has 0 spiro atoms. The Morgan fingerprint density at radius 3 is 2.85 bits per heavy atom. The van der Waals surface area contributed by atoms with Gasteiger partial charge in [0.2, 0.25) is 0 Å². The Balaban J connectivity index is 1.83. The predicted molar refractivity (Wildman–Crippen MR) is 75.5 cm³/mol. The maximum absolute atomic E-state index is 12.2. The molecule has 106 valence electrons. The fourth-order valence-electron chi connectivity index (χ4n) is 3.94. The third-order valence-electron chi connectivity index (χ3n) is 5.15. The third-order valence-corrected chi connectivity index (χ3v) is 5.79. The van der Waals surface area contributed by atoms with Gasteiger partial charge in [-0.25, -0.2) is 4.79 Å². The molecule has 1 saturated heterocycles. The Labute approximate surface area is 124 Å². The van der Waals surface area contributed by atoms with E-state index in [1.807, 2.05) is 23.7 Å². The van der Waals surface area contributed by atoms with E-state index in [4.69, 9.17) is 0 Å². The maximum atomic E-state index is 12.2. The van der Waals surface area contributed by atoms with Gasteiger partial charge in [0.15, 0.2) is 0 Å². The SMILES string of the molecule is CN1C(=O)N[C@H]2[C@@H]3NC(=O)c4ccc(Br)n4[C@@H]3C[C@]21C. The fraction of sp³-hybridized carbons (Fsp3) is 0.538. The van der Waals surface area contributed by atoms with E-state index < -0.39 is 0 Å². The molecule has 6 nitrogen and oxygen atoms in total. The second kappa shape index (κ2) is 3.58. The lowest BCUT2D eigenvalue weighted by Gasteiger charge is -2.32. The summed E-state index contributed by atoms with van der Waals surface area (Å²) in [6.07, 6.45) is 0.818. The van der Waals surface area contributed by atoms with Crippen LogP contribution in [0.4, 0.5) is 4.79 Å². The van der Waals surface area contributed by atoms with E-state index in [1.165, 1.54) is 0 Å². The van der Waals surface area contributed by atoms with E-state index in [-0.39, 0.29) is 35.6 Å². The third kappa shape index (κ3) is 1.24. The zero-order chi connectivity index (χ0) is 14.2. The molecule has 3 aliphatic rings. The second-order valence-electron chi connectivity index (χ2n) is 6.03. The molecule has 4 rings (SSSR count). The van der Waals surface area contributed by atoms with E-state index in [1.54, 1.807) is 4.90 Å². The molecule has 2 aliphatic heterocycles. The molecule has 1 aliphatic carbocycles. The number of amides is 3. The number of fused-ring (bicyclic) bond motifs is 5. The highest BCUT2D eigenvalue weighted by molar-refractivity contribution is 9.10. The van der Waals surface area contributed by atoms with E-state index in [9.17, 15) is 9.59 Å². The van der Waals surface area contributed by atoms with Gasteiger partial charge in [0.1, 0.15) is 5.69 Å². The topological polar surface area (TPSA) is 66.4 Å². The smallest absolute Gasteiger partial charge is 0.318 e. The number of likely N-dealkylation sites (N-methyl/N-ethyl adjacent to an activating group) is 1. The molecule has 1 aromatic rings. The second-order valence-corrected chi connectivity index (χ2v) is 6.84. The predicted octanol–water partition coefficient (Wildman–Crippen LogP) is 1.09. The first-order chi connectivity index (χ1) is 9.43. The lowest BCUT2D eigenvalue weighted by molar-refractivity contribution is 0.0879. The average molecular weight is 339 g/mol. The van der Waals surface area contributed by atoms with Crippen molar-refractivity contribution < 1.29 is 9.59 Å². The summed E-state index contributed by atoms with van der Waals surface area (Å²) in [6, 6.07) is 3.69. The normalized spacial score (nSPS) is 38.1. The van der Waals surface area contributed by atoms with Crippen molar-refractivity contribution in [3.8, 4) is 0 Å². The molecule has 0 unspecified atom stereocenters. The Morgan fingerprint density at radius 1 is 1.35 bits per heavy atom. The van der Waals surface area contributed by atoms with E-state index in [0.717, 1.165) is 11.0 Å². The van der Waals surface area contributed by atoms with Gasteiger partial charge in [-0.1, -0.05) is 0 Å². The molecule has 2 fully saturated rings. The highest BCUT2D eigenvalue weighted by Crippen LogP contribution is 2.47. The molecule has 3 amide bonds. The molecule has 20 heavy (non-hydrogen) atoms. The number of aromatic nitrogens is 1. The molecule has 0 radical (unpaired) electrons. The molecule has 0 bridgehead atoms. The molecule has 1 aromatic heterocycles. The van der Waals surface area contributed by atoms with Crippen molar-refractivity contribution in [1.82, 2.24) is 20.1 Å². The van der Waals surface area contributed by atoms with Crippen LogP contribution in [0.1, 0.15) is 29.9 Å². The summed E-state index contributed by atoms with van der Waals surface area (Å²) in [5.41, 5.74) is 0.404. The molecule has 2 N–H and O–H groups in total. The van der Waals surface area contributed by atoms with Gasteiger partial charge < -0.3 is 20.1 Å². The number of rotatable bonds is 0. The zero-order valence-electron chi connectivity index (χ0n) is 11.2. The van der Waals surface area contributed by atoms with Crippen LogP contribution in [-0.4, -0.2) is 46.1 Å². The molecular formula is C13H15BrN4O2. The summed E-state index contributed by atoms with van der Waals surface area (Å²) >= 11 is 3.52. The van der Waals surface area contributed by atoms with Crippen molar-refractivity contribution >= 4 is 27.9 Å². The fourth-order valence-corrected chi connectivity index (χ4v) is 4.53. The Hall–Kier alpha value is -1.50. The highest BCUT2D eigenvalue weighted by atomic mass is 79.9. The van der Waals surface area contributed by atoms with Crippen LogP contribution in [0, 0.1) is 0 Å². The van der Waals surface area contributed by atoms with Crippen LogP contribution in [0.3, 0.4) is 0 Å². The van der Waals surface area contributed by atoms with Crippen LogP contribution >= 0.6 is 15.9 Å². The standard InChI is InChI=1S/C13H15BrN4O2/c1-13-5-7-9(10(13)16-12(20)17(13)2)15-11(19)6-3-4-8(14)18(6)7/h3-4,7,9-10H,5H2,1-2H3,(H,15,19)(H,16,20)/t7-,9-,10+,13-/m1/s1. The number of hydrogen-bond acceptors (Lipinski definition) is 2. The molecular weight excluding hydrogens is 324 g/mol. The number of nitrogens with zero attached hydrogens (tertiary/aromatic N) is 2. The summed E-state index contributed by atoms with van der Waals surface area (Å²) in [7, 11) is 1.82. The summed E-state index contributed by atoms with van der Waals surface area (Å²) < 4.78 is 2.96. The van der Waals surface area contributed by atoms with Crippen LogP contribution in [0.15, 0.2) is 16.7 Å². The van der Waals surface area contributed by atoms with Gasteiger partial charge in [0.25, 0.3) is 5.91 Å². The summed E-state index contributed by atoms with van der Waals surface area (Å²) in [6.45, 7) is 2.08. The van der Waals surface area contributed by atoms with Crippen LogP contribution in [0.2, 0.25) is 0 Å². The quantitative estimate of drug-likeness (QED) is 0.743. The van der Waals surface area contributed by atoms with Gasteiger partial charge in [0.05, 0.1) is 28.3 Å². The number of urea groups is 1. The average Bonchev–Trinajstić information content (AvgIpc) is 2.97. The van der Waals surface area contributed by atoms with Gasteiger partial charge in [0, 0.05) is 7.05 Å². The van der Waals surface area contributed by atoms with Crippen molar-refractivity contribution in [2.24, 2.45) is 0 Å². The minimum absolute atomic E-state index is 0.0589. The lowest BCUT2D eigenvalue weighted by atomic mass is 9.95. The van der Waals surface area contributed by atoms with Crippen molar-refractivity contribution in [3.05, 3.63) is 22.4 Å². The van der Waals surface area contributed by atoms with Crippen LogP contribution in [0.25, 0.3) is 0 Å². The first kappa shape index (κ1) is 12.3. The minimum atomic E-state index is -0.273. The monoisotopic (exact) mass is 338 g/mol. The van der Waals surface area contributed by atoms with Gasteiger partial charge in [-0.3, -0.25) is 4.79 Å². The largest absolute Gasteiger partial charge is 0.344 e. The number of nitrogens with one attached hydrogen (secondary N) is 2. The van der Waals surface area contributed by atoms with Crippen LogP contribution < -0.4 is 10.6 Å². The number of carbonyl (C=O) groups is 2. The number of hydrogen-bond donors (Lipinski definition) is 2. The number of halogens is 1. The molecule has 3 heterocycles. The van der Waals surface area contributed by atoms with Crippen LogP contribution in [0.5, 0.6) is 0 Å². The van der Waals surface area contributed by atoms with E-state index >= 15 is 0 Å². The zero-order valence-corrected chi connectivity index (χ0v) is 12.8. The van der Waals surface area contributed by atoms with Crippen molar-refractivity contribution in [2.45, 2.75) is 37.0 Å².